The third-order valence-corrected chi connectivity index (χ3v) is 8.63. The number of carbonyl (C=O) groups excluding carboxylic acids is 1. The monoisotopic (exact) mass is 527 g/mol. The SMILES string of the molecule is CCS(=O)(=O)c1ccc(CNC(=O)c2cnc3c(c2)CN(Cc2ccc(Cl)cc2)C3(O)C(C)C)cc1. The molecule has 36 heavy (non-hydrogen) atoms. The fourth-order valence-electron chi connectivity index (χ4n) is 4.45. The second kappa shape index (κ2) is 10.3. The molecule has 2 aromatic carbocycles. The maximum Gasteiger partial charge on any atom is 0.253 e. The van der Waals surface area contributed by atoms with Gasteiger partial charge >= 0.3 is 0 Å². The van der Waals surface area contributed by atoms with Crippen molar-refractivity contribution < 1.29 is 18.3 Å². The number of hydrogen-bond acceptors (Lipinski definition) is 6. The quantitative estimate of drug-likeness (QED) is 0.453. The van der Waals surface area contributed by atoms with Crippen molar-refractivity contribution in [1.82, 2.24) is 15.2 Å². The summed E-state index contributed by atoms with van der Waals surface area (Å²) in [7, 11) is -3.26. The van der Waals surface area contributed by atoms with E-state index in [1.165, 1.54) is 6.20 Å². The maximum absolute atomic E-state index is 12.9. The van der Waals surface area contributed by atoms with Crippen molar-refractivity contribution in [3.8, 4) is 0 Å². The van der Waals surface area contributed by atoms with Gasteiger partial charge in [0.05, 0.1) is 21.9 Å². The fourth-order valence-corrected chi connectivity index (χ4v) is 5.46. The predicted molar refractivity (Wildman–Crippen MR) is 139 cm³/mol. The lowest BCUT2D eigenvalue weighted by atomic mass is 9.94. The van der Waals surface area contributed by atoms with Crippen molar-refractivity contribution in [3.05, 3.63) is 93.8 Å². The molecule has 0 radical (unpaired) electrons. The first-order chi connectivity index (χ1) is 17.0. The molecule has 1 aliphatic heterocycles. The van der Waals surface area contributed by atoms with Crippen LogP contribution in [-0.2, 0) is 35.2 Å². The molecule has 1 aliphatic rings. The predicted octanol–water partition coefficient (Wildman–Crippen LogP) is 4.28. The van der Waals surface area contributed by atoms with Crippen LogP contribution in [0.1, 0.15) is 53.5 Å². The summed E-state index contributed by atoms with van der Waals surface area (Å²) in [6, 6.07) is 15.8. The molecular formula is C27H30ClN3O4S. The Morgan fingerprint density at radius 2 is 1.78 bits per heavy atom. The highest BCUT2D eigenvalue weighted by molar-refractivity contribution is 7.91. The number of aromatic nitrogens is 1. The minimum absolute atomic E-state index is 0.0392. The lowest BCUT2D eigenvalue weighted by Gasteiger charge is -2.37. The van der Waals surface area contributed by atoms with Gasteiger partial charge in [0.2, 0.25) is 0 Å². The number of nitrogens with zero attached hydrogens (tertiary/aromatic N) is 2. The Bertz CT molecular complexity index is 1360. The number of aliphatic hydroxyl groups is 1. The Labute approximate surface area is 217 Å². The zero-order valence-corrected chi connectivity index (χ0v) is 22.1. The molecule has 7 nitrogen and oxygen atoms in total. The first-order valence-corrected chi connectivity index (χ1v) is 13.9. The Morgan fingerprint density at radius 1 is 1.14 bits per heavy atom. The second-order valence-electron chi connectivity index (χ2n) is 9.33. The summed E-state index contributed by atoms with van der Waals surface area (Å²) >= 11 is 6.02. The van der Waals surface area contributed by atoms with Crippen LogP contribution in [0.3, 0.4) is 0 Å². The van der Waals surface area contributed by atoms with E-state index in [1.54, 1.807) is 37.3 Å². The van der Waals surface area contributed by atoms with Crippen molar-refractivity contribution in [1.29, 1.82) is 0 Å². The molecule has 1 atom stereocenters. The summed E-state index contributed by atoms with van der Waals surface area (Å²) in [5.74, 6) is -0.380. The standard InChI is InChI=1S/C27H30ClN3O4S/c1-4-36(34,35)24-11-7-19(8-12-24)14-30-26(32)21-13-22-17-31(16-20-5-9-23(28)10-6-20)27(33,18(2)3)25(22)29-15-21/h5-13,15,18,33H,4,14,16-17H2,1-3H3,(H,30,32). The van der Waals surface area contributed by atoms with Crippen LogP contribution >= 0.6 is 11.6 Å². The number of pyridine rings is 1. The molecule has 1 aromatic heterocycles. The number of carbonyl (C=O) groups is 1. The Balaban J connectivity index is 1.49. The van der Waals surface area contributed by atoms with Crippen LogP contribution in [0.5, 0.6) is 0 Å². The van der Waals surface area contributed by atoms with Crippen molar-refractivity contribution in [2.24, 2.45) is 5.92 Å². The van der Waals surface area contributed by atoms with Gasteiger partial charge < -0.3 is 10.4 Å². The summed E-state index contributed by atoms with van der Waals surface area (Å²) in [6.45, 7) is 6.71. The molecule has 190 valence electrons. The van der Waals surface area contributed by atoms with Crippen molar-refractivity contribution in [2.45, 2.75) is 51.0 Å². The number of rotatable bonds is 8. The van der Waals surface area contributed by atoms with Crippen LogP contribution < -0.4 is 5.32 Å². The van der Waals surface area contributed by atoms with E-state index in [0.29, 0.717) is 29.4 Å². The van der Waals surface area contributed by atoms with Gasteiger partial charge in [-0.1, -0.05) is 56.6 Å². The van der Waals surface area contributed by atoms with Crippen LogP contribution in [0.25, 0.3) is 0 Å². The average molecular weight is 528 g/mol. The number of benzene rings is 2. The number of hydrogen-bond donors (Lipinski definition) is 2. The van der Waals surface area contributed by atoms with Gasteiger partial charge in [-0.15, -0.1) is 0 Å². The van der Waals surface area contributed by atoms with E-state index in [2.05, 4.69) is 10.3 Å². The third-order valence-electron chi connectivity index (χ3n) is 6.63. The summed E-state index contributed by atoms with van der Waals surface area (Å²) in [6.07, 6.45) is 1.49. The third kappa shape index (κ3) is 5.18. The zero-order chi connectivity index (χ0) is 26.1. The van der Waals surface area contributed by atoms with E-state index in [-0.39, 0.29) is 29.0 Å². The smallest absolute Gasteiger partial charge is 0.253 e. The van der Waals surface area contributed by atoms with Gasteiger partial charge in [0.1, 0.15) is 0 Å². The summed E-state index contributed by atoms with van der Waals surface area (Å²) < 4.78 is 24.0. The number of amides is 1. The molecule has 1 unspecified atom stereocenters. The molecule has 1 amide bonds. The maximum atomic E-state index is 12.9. The minimum atomic E-state index is -3.26. The molecule has 0 bridgehead atoms. The largest absolute Gasteiger partial charge is 0.370 e. The van der Waals surface area contributed by atoms with Gasteiger partial charge in [0.15, 0.2) is 15.6 Å². The van der Waals surface area contributed by atoms with Crippen LogP contribution in [0.4, 0.5) is 0 Å². The highest BCUT2D eigenvalue weighted by Crippen LogP contribution is 2.42. The van der Waals surface area contributed by atoms with Crippen LogP contribution in [0.2, 0.25) is 5.02 Å². The Kier molecular flexibility index (Phi) is 7.52. The van der Waals surface area contributed by atoms with E-state index in [4.69, 9.17) is 11.6 Å². The van der Waals surface area contributed by atoms with Gasteiger partial charge in [0, 0.05) is 36.8 Å². The lowest BCUT2D eigenvalue weighted by Crippen LogP contribution is -2.45. The van der Waals surface area contributed by atoms with Gasteiger partial charge in [-0.05, 0) is 47.0 Å². The fraction of sp³-hybridized carbons (Fsp3) is 0.333. The zero-order valence-electron chi connectivity index (χ0n) is 20.5. The molecule has 2 heterocycles. The summed E-state index contributed by atoms with van der Waals surface area (Å²) in [5.41, 5.74) is 2.32. The van der Waals surface area contributed by atoms with Gasteiger partial charge in [0.25, 0.3) is 5.91 Å². The molecule has 4 rings (SSSR count). The molecular weight excluding hydrogens is 498 g/mol. The van der Waals surface area contributed by atoms with Gasteiger partial charge in [-0.2, -0.15) is 0 Å². The molecule has 0 saturated carbocycles. The van der Waals surface area contributed by atoms with Gasteiger partial charge in [-0.3, -0.25) is 14.7 Å². The van der Waals surface area contributed by atoms with E-state index >= 15 is 0 Å². The number of fused-ring (bicyclic) bond motifs is 1. The lowest BCUT2D eigenvalue weighted by molar-refractivity contribution is -0.147. The highest BCUT2D eigenvalue weighted by atomic mass is 35.5. The Morgan fingerprint density at radius 3 is 2.39 bits per heavy atom. The molecule has 0 spiro atoms. The van der Waals surface area contributed by atoms with E-state index in [0.717, 1.165) is 16.7 Å². The number of nitrogens with one attached hydrogen (secondary N) is 1. The average Bonchev–Trinajstić information content (AvgIpc) is 3.16. The molecule has 9 heteroatoms. The normalized spacial score (nSPS) is 17.8. The highest BCUT2D eigenvalue weighted by Gasteiger charge is 2.47. The van der Waals surface area contributed by atoms with Crippen LogP contribution in [0.15, 0.2) is 65.7 Å². The van der Waals surface area contributed by atoms with Crippen molar-refractivity contribution >= 4 is 27.3 Å². The molecule has 2 N–H and O–H groups in total. The first kappa shape index (κ1) is 26.3. The Hall–Kier alpha value is -2.78. The molecule has 0 saturated heterocycles. The molecule has 0 aliphatic carbocycles. The molecule has 0 fully saturated rings. The van der Waals surface area contributed by atoms with Crippen molar-refractivity contribution in [3.63, 3.8) is 0 Å². The summed E-state index contributed by atoms with van der Waals surface area (Å²) in [4.78, 5) is 19.6. The first-order valence-electron chi connectivity index (χ1n) is 11.9. The van der Waals surface area contributed by atoms with E-state index in [9.17, 15) is 18.3 Å². The number of halogens is 1. The minimum Gasteiger partial charge on any atom is -0.370 e. The molecule has 3 aromatic rings. The van der Waals surface area contributed by atoms with E-state index in [1.807, 2.05) is 43.0 Å². The topological polar surface area (TPSA) is 99.6 Å². The van der Waals surface area contributed by atoms with Crippen molar-refractivity contribution in [2.75, 3.05) is 5.75 Å². The van der Waals surface area contributed by atoms with Crippen LogP contribution in [0, 0.1) is 5.92 Å². The summed E-state index contributed by atoms with van der Waals surface area (Å²) in [5, 5.41) is 15.2. The second-order valence-corrected chi connectivity index (χ2v) is 12.0. The number of sulfone groups is 1. The van der Waals surface area contributed by atoms with E-state index < -0.39 is 15.6 Å². The van der Waals surface area contributed by atoms with Gasteiger partial charge in [-0.25, -0.2) is 8.42 Å². The van der Waals surface area contributed by atoms with Crippen LogP contribution in [-0.4, -0.2) is 35.1 Å².